The maximum absolute atomic E-state index is 12.5. The van der Waals surface area contributed by atoms with Crippen LogP contribution in [-0.4, -0.2) is 42.0 Å². The summed E-state index contributed by atoms with van der Waals surface area (Å²) in [6, 6.07) is 9.91. The summed E-state index contributed by atoms with van der Waals surface area (Å²) in [5.41, 5.74) is 2.94. The van der Waals surface area contributed by atoms with Crippen LogP contribution in [0.4, 0.5) is 0 Å². The van der Waals surface area contributed by atoms with Gasteiger partial charge in [0, 0.05) is 43.6 Å². The van der Waals surface area contributed by atoms with E-state index in [4.69, 9.17) is 4.74 Å². The zero-order valence-corrected chi connectivity index (χ0v) is 14.9. The van der Waals surface area contributed by atoms with Crippen LogP contribution in [0.2, 0.25) is 0 Å². The number of ether oxygens (including phenoxy) is 1. The molecule has 25 heavy (non-hydrogen) atoms. The highest BCUT2D eigenvalue weighted by atomic mass is 16.5. The van der Waals surface area contributed by atoms with Crippen LogP contribution in [0, 0.1) is 6.92 Å². The van der Waals surface area contributed by atoms with Gasteiger partial charge in [-0.25, -0.2) is 0 Å². The monoisotopic (exact) mass is 339 g/mol. The normalized spacial score (nSPS) is 15.8. The minimum atomic E-state index is 0.00716. The number of nitrogens with zero attached hydrogens (tertiary/aromatic N) is 2. The summed E-state index contributed by atoms with van der Waals surface area (Å²) in [4.78, 5) is 19.0. The van der Waals surface area contributed by atoms with Crippen molar-refractivity contribution in [3.05, 3.63) is 59.4 Å². The van der Waals surface area contributed by atoms with Gasteiger partial charge >= 0.3 is 0 Å². The van der Waals surface area contributed by atoms with E-state index in [1.807, 2.05) is 37.5 Å². The van der Waals surface area contributed by atoms with Crippen molar-refractivity contribution in [2.45, 2.75) is 32.4 Å². The topological polar surface area (TPSA) is 54.5 Å². The van der Waals surface area contributed by atoms with Crippen molar-refractivity contribution in [2.75, 3.05) is 20.2 Å². The Morgan fingerprint density at radius 2 is 1.96 bits per heavy atom. The maximum Gasteiger partial charge on any atom is 0.251 e. The predicted octanol–water partition coefficient (Wildman–Crippen LogP) is 2.79. The molecule has 0 atom stereocenters. The van der Waals surface area contributed by atoms with Crippen LogP contribution in [0.5, 0.6) is 5.75 Å². The van der Waals surface area contributed by atoms with Crippen molar-refractivity contribution in [3.8, 4) is 5.75 Å². The van der Waals surface area contributed by atoms with Gasteiger partial charge in [-0.1, -0.05) is 0 Å². The smallest absolute Gasteiger partial charge is 0.251 e. The number of nitrogens with one attached hydrogen (secondary N) is 1. The number of hydrogen-bond donors (Lipinski definition) is 1. The number of carbonyl (C=O) groups is 1. The summed E-state index contributed by atoms with van der Waals surface area (Å²) in [6.45, 7) is 4.87. The van der Waals surface area contributed by atoms with Gasteiger partial charge in [0.15, 0.2) is 0 Å². The molecule has 0 aliphatic carbocycles. The third-order valence-corrected chi connectivity index (χ3v) is 4.76. The highest BCUT2D eigenvalue weighted by Crippen LogP contribution is 2.18. The summed E-state index contributed by atoms with van der Waals surface area (Å²) in [7, 11) is 1.63. The molecule has 0 unspecified atom stereocenters. The summed E-state index contributed by atoms with van der Waals surface area (Å²) in [5, 5.41) is 3.18. The number of aryl methyl sites for hydroxylation is 1. The molecule has 0 bridgehead atoms. The first kappa shape index (κ1) is 17.4. The highest BCUT2D eigenvalue weighted by Gasteiger charge is 2.21. The van der Waals surface area contributed by atoms with E-state index in [9.17, 15) is 4.79 Å². The number of rotatable bonds is 5. The Kier molecular flexibility index (Phi) is 5.66. The standard InChI is InChI=1S/C20H25N3O2/c1-15-13-18(25-2)3-4-19(15)20(24)22-17-7-11-23(12-8-17)14-16-5-9-21-10-6-16/h3-6,9-10,13,17H,7-8,11-12,14H2,1-2H3,(H,22,24). The van der Waals surface area contributed by atoms with Crippen LogP contribution in [0.15, 0.2) is 42.7 Å². The molecule has 2 aromatic rings. The van der Waals surface area contributed by atoms with Crippen LogP contribution in [-0.2, 0) is 6.54 Å². The molecule has 5 heteroatoms. The zero-order chi connectivity index (χ0) is 17.6. The molecule has 2 heterocycles. The van der Waals surface area contributed by atoms with Gasteiger partial charge < -0.3 is 10.1 Å². The number of hydrogen-bond acceptors (Lipinski definition) is 4. The fraction of sp³-hybridized carbons (Fsp3) is 0.400. The molecule has 5 nitrogen and oxygen atoms in total. The Morgan fingerprint density at radius 3 is 2.60 bits per heavy atom. The lowest BCUT2D eigenvalue weighted by Crippen LogP contribution is -2.44. The molecular weight excluding hydrogens is 314 g/mol. The second kappa shape index (κ2) is 8.12. The number of pyridine rings is 1. The molecule has 1 aliphatic rings. The van der Waals surface area contributed by atoms with Gasteiger partial charge in [-0.05, 0) is 61.2 Å². The van der Waals surface area contributed by atoms with Crippen molar-refractivity contribution in [3.63, 3.8) is 0 Å². The Bertz CT molecular complexity index is 710. The predicted molar refractivity (Wildman–Crippen MR) is 97.7 cm³/mol. The fourth-order valence-electron chi connectivity index (χ4n) is 3.26. The summed E-state index contributed by atoms with van der Waals surface area (Å²) >= 11 is 0. The van der Waals surface area contributed by atoms with Gasteiger partial charge in [0.25, 0.3) is 5.91 Å². The number of carbonyl (C=O) groups excluding carboxylic acids is 1. The largest absolute Gasteiger partial charge is 0.497 e. The van der Waals surface area contributed by atoms with Crippen molar-refractivity contribution in [1.29, 1.82) is 0 Å². The number of aromatic nitrogens is 1. The van der Waals surface area contributed by atoms with E-state index in [1.165, 1.54) is 5.56 Å². The molecule has 1 aliphatic heterocycles. The highest BCUT2D eigenvalue weighted by molar-refractivity contribution is 5.96. The van der Waals surface area contributed by atoms with E-state index in [0.29, 0.717) is 0 Å². The van der Waals surface area contributed by atoms with Crippen LogP contribution >= 0.6 is 0 Å². The maximum atomic E-state index is 12.5. The molecule has 132 valence electrons. The van der Waals surface area contributed by atoms with Crippen LogP contribution in [0.3, 0.4) is 0 Å². The molecule has 1 fully saturated rings. The molecule has 3 rings (SSSR count). The summed E-state index contributed by atoms with van der Waals surface area (Å²) in [5.74, 6) is 0.784. The number of likely N-dealkylation sites (tertiary alicyclic amines) is 1. The number of methoxy groups -OCH3 is 1. The lowest BCUT2D eigenvalue weighted by Gasteiger charge is -2.32. The number of piperidine rings is 1. The van der Waals surface area contributed by atoms with Crippen molar-refractivity contribution < 1.29 is 9.53 Å². The first-order valence-electron chi connectivity index (χ1n) is 8.72. The van der Waals surface area contributed by atoms with E-state index in [1.54, 1.807) is 7.11 Å². The Morgan fingerprint density at radius 1 is 1.24 bits per heavy atom. The summed E-state index contributed by atoms with van der Waals surface area (Å²) in [6.07, 6.45) is 5.62. The molecule has 1 aromatic carbocycles. The Labute approximate surface area is 149 Å². The van der Waals surface area contributed by atoms with E-state index >= 15 is 0 Å². The first-order valence-corrected chi connectivity index (χ1v) is 8.72. The molecule has 1 saturated heterocycles. The lowest BCUT2D eigenvalue weighted by atomic mass is 10.0. The van der Waals surface area contributed by atoms with E-state index < -0.39 is 0 Å². The van der Waals surface area contributed by atoms with Crippen molar-refractivity contribution >= 4 is 5.91 Å². The molecule has 1 aromatic heterocycles. The second-order valence-corrected chi connectivity index (χ2v) is 6.56. The quantitative estimate of drug-likeness (QED) is 0.910. The molecule has 0 saturated carbocycles. The second-order valence-electron chi connectivity index (χ2n) is 6.56. The number of benzene rings is 1. The fourth-order valence-corrected chi connectivity index (χ4v) is 3.26. The van der Waals surface area contributed by atoms with Gasteiger partial charge in [0.2, 0.25) is 0 Å². The van der Waals surface area contributed by atoms with Crippen LogP contribution in [0.1, 0.15) is 34.3 Å². The number of amides is 1. The molecular formula is C20H25N3O2. The third-order valence-electron chi connectivity index (χ3n) is 4.76. The Hall–Kier alpha value is -2.40. The minimum absolute atomic E-state index is 0.00716. The van der Waals surface area contributed by atoms with E-state index in [2.05, 4.69) is 27.3 Å². The molecule has 0 radical (unpaired) electrons. The average molecular weight is 339 g/mol. The van der Waals surface area contributed by atoms with Crippen LogP contribution < -0.4 is 10.1 Å². The van der Waals surface area contributed by atoms with Crippen molar-refractivity contribution in [1.82, 2.24) is 15.2 Å². The SMILES string of the molecule is COc1ccc(C(=O)NC2CCN(Cc3ccncc3)CC2)c(C)c1. The van der Waals surface area contributed by atoms with Crippen molar-refractivity contribution in [2.24, 2.45) is 0 Å². The van der Waals surface area contributed by atoms with Gasteiger partial charge in [0.1, 0.15) is 5.75 Å². The first-order chi connectivity index (χ1) is 12.2. The van der Waals surface area contributed by atoms with Gasteiger partial charge in [-0.3, -0.25) is 14.7 Å². The van der Waals surface area contributed by atoms with Gasteiger partial charge in [0.05, 0.1) is 7.11 Å². The Balaban J connectivity index is 1.51. The average Bonchev–Trinajstić information content (AvgIpc) is 2.64. The molecule has 1 N–H and O–H groups in total. The minimum Gasteiger partial charge on any atom is -0.497 e. The summed E-state index contributed by atoms with van der Waals surface area (Å²) < 4.78 is 5.20. The van der Waals surface area contributed by atoms with Gasteiger partial charge in [-0.15, -0.1) is 0 Å². The zero-order valence-electron chi connectivity index (χ0n) is 14.9. The lowest BCUT2D eigenvalue weighted by molar-refractivity contribution is 0.0908. The molecule has 1 amide bonds. The third kappa shape index (κ3) is 4.57. The van der Waals surface area contributed by atoms with E-state index in [-0.39, 0.29) is 11.9 Å². The molecule has 0 spiro atoms. The van der Waals surface area contributed by atoms with E-state index in [0.717, 1.165) is 49.4 Å². The van der Waals surface area contributed by atoms with Crippen LogP contribution in [0.25, 0.3) is 0 Å². The van der Waals surface area contributed by atoms with Gasteiger partial charge in [-0.2, -0.15) is 0 Å².